The molecule has 1 aromatic carbocycles. The zero-order chi connectivity index (χ0) is 19.3. The summed E-state index contributed by atoms with van der Waals surface area (Å²) in [5.41, 5.74) is 8.26. The zero-order valence-corrected chi connectivity index (χ0v) is 16.7. The van der Waals surface area contributed by atoms with Gasteiger partial charge >= 0.3 is 0 Å². The number of nitrogens with one attached hydrogen (secondary N) is 2. The fourth-order valence-electron chi connectivity index (χ4n) is 2.37. The summed E-state index contributed by atoms with van der Waals surface area (Å²) in [5.74, 6) is 0.0246. The molecule has 2 unspecified atom stereocenters. The molecule has 1 aromatic heterocycles. The van der Waals surface area contributed by atoms with Crippen LogP contribution < -0.4 is 15.8 Å². The fourth-order valence-corrected chi connectivity index (χ4v) is 4.58. The average molecular weight is 396 g/mol. The van der Waals surface area contributed by atoms with Gasteiger partial charge in [-0.05, 0) is 35.4 Å². The number of carbonyl (C=O) groups excluding carboxylic acids is 1. The molecule has 2 atom stereocenters. The van der Waals surface area contributed by atoms with Crippen LogP contribution in [0.1, 0.15) is 43.9 Å². The van der Waals surface area contributed by atoms with Gasteiger partial charge in [0.2, 0.25) is 5.91 Å². The summed E-state index contributed by atoms with van der Waals surface area (Å²) in [6, 6.07) is 9.85. The summed E-state index contributed by atoms with van der Waals surface area (Å²) in [7, 11) is -3.69. The normalized spacial score (nSPS) is 14.2. The maximum absolute atomic E-state index is 12.2. The van der Waals surface area contributed by atoms with Gasteiger partial charge in [-0.3, -0.25) is 4.79 Å². The smallest absolute Gasteiger partial charge is 0.250 e. The van der Waals surface area contributed by atoms with Crippen molar-refractivity contribution in [2.24, 2.45) is 5.73 Å². The number of rotatable bonds is 8. The Bertz CT molecular complexity index is 816. The van der Waals surface area contributed by atoms with E-state index >= 15 is 0 Å². The van der Waals surface area contributed by atoms with Crippen LogP contribution >= 0.6 is 11.3 Å². The summed E-state index contributed by atoms with van der Waals surface area (Å²) in [4.78, 5) is 12.2. The lowest BCUT2D eigenvalue weighted by Gasteiger charge is -2.17. The highest BCUT2D eigenvalue weighted by Gasteiger charge is 2.23. The molecule has 0 aliphatic rings. The van der Waals surface area contributed by atoms with Crippen LogP contribution in [0.5, 0.6) is 0 Å². The second kappa shape index (κ2) is 8.77. The molecular weight excluding hydrogens is 370 g/mol. The Hall–Kier alpha value is -1.74. The molecule has 2 aromatic rings. The van der Waals surface area contributed by atoms with Crippen LogP contribution in [0.3, 0.4) is 0 Å². The van der Waals surface area contributed by atoms with E-state index in [1.807, 2.05) is 24.3 Å². The Morgan fingerprint density at radius 3 is 2.27 bits per heavy atom. The van der Waals surface area contributed by atoms with Gasteiger partial charge in [-0.25, -0.2) is 8.42 Å². The molecule has 4 N–H and O–H groups in total. The van der Waals surface area contributed by atoms with Crippen LogP contribution in [0, 0.1) is 0 Å². The van der Waals surface area contributed by atoms with Crippen molar-refractivity contribution in [1.82, 2.24) is 10.0 Å². The van der Waals surface area contributed by atoms with E-state index in [0.29, 0.717) is 5.92 Å². The maximum atomic E-state index is 12.2. The van der Waals surface area contributed by atoms with Crippen LogP contribution in [0.4, 0.5) is 0 Å². The van der Waals surface area contributed by atoms with Gasteiger partial charge in [0.25, 0.3) is 10.0 Å². The van der Waals surface area contributed by atoms with Gasteiger partial charge in [0.05, 0.1) is 6.04 Å². The highest BCUT2D eigenvalue weighted by atomic mass is 32.2. The van der Waals surface area contributed by atoms with E-state index in [0.717, 1.165) is 16.9 Å². The first-order chi connectivity index (χ1) is 12.2. The molecular formula is C18H25N3O3S2. The van der Waals surface area contributed by atoms with Gasteiger partial charge in [0.1, 0.15) is 4.21 Å². The van der Waals surface area contributed by atoms with Crippen LogP contribution in [0.2, 0.25) is 0 Å². The van der Waals surface area contributed by atoms with Crippen molar-refractivity contribution in [3.05, 3.63) is 52.9 Å². The molecule has 0 saturated carbocycles. The van der Waals surface area contributed by atoms with Crippen molar-refractivity contribution in [2.45, 2.75) is 43.0 Å². The third kappa shape index (κ3) is 5.38. The van der Waals surface area contributed by atoms with Crippen molar-refractivity contribution in [2.75, 3.05) is 6.54 Å². The minimum atomic E-state index is -3.69. The number of thiophene rings is 1. The third-order valence-electron chi connectivity index (χ3n) is 4.01. The van der Waals surface area contributed by atoms with Gasteiger partial charge in [-0.2, -0.15) is 4.72 Å². The van der Waals surface area contributed by atoms with Crippen molar-refractivity contribution >= 4 is 27.3 Å². The Morgan fingerprint density at radius 2 is 1.73 bits per heavy atom. The number of sulfonamides is 1. The number of hydrogen-bond donors (Lipinski definition) is 3. The monoisotopic (exact) mass is 395 g/mol. The first-order valence-electron chi connectivity index (χ1n) is 8.39. The zero-order valence-electron chi connectivity index (χ0n) is 15.1. The van der Waals surface area contributed by atoms with Crippen LogP contribution in [0.15, 0.2) is 46.0 Å². The highest BCUT2D eigenvalue weighted by molar-refractivity contribution is 7.91. The molecule has 0 bridgehead atoms. The van der Waals surface area contributed by atoms with Crippen LogP contribution in [-0.4, -0.2) is 26.9 Å². The molecule has 0 fully saturated rings. The summed E-state index contributed by atoms with van der Waals surface area (Å²) >= 11 is 1.10. The highest BCUT2D eigenvalue weighted by Crippen LogP contribution is 2.18. The summed E-state index contributed by atoms with van der Waals surface area (Å²) in [6.45, 7) is 5.97. The second-order valence-electron chi connectivity index (χ2n) is 6.45. The van der Waals surface area contributed by atoms with Crippen LogP contribution in [-0.2, 0) is 14.8 Å². The Morgan fingerprint density at radius 1 is 1.12 bits per heavy atom. The average Bonchev–Trinajstić information content (AvgIpc) is 3.14. The molecule has 1 heterocycles. The molecule has 0 aliphatic heterocycles. The van der Waals surface area contributed by atoms with Crippen molar-refractivity contribution in [3.8, 4) is 0 Å². The van der Waals surface area contributed by atoms with Crippen molar-refractivity contribution in [1.29, 1.82) is 0 Å². The molecule has 142 valence electrons. The summed E-state index contributed by atoms with van der Waals surface area (Å²) in [6.07, 6.45) is 0. The van der Waals surface area contributed by atoms with Gasteiger partial charge < -0.3 is 11.1 Å². The molecule has 26 heavy (non-hydrogen) atoms. The number of benzene rings is 1. The number of nitrogens with two attached hydrogens (primary N) is 1. The van der Waals surface area contributed by atoms with E-state index < -0.39 is 22.0 Å². The minimum Gasteiger partial charge on any atom is -0.353 e. The predicted octanol–water partition coefficient (Wildman–Crippen LogP) is 2.35. The van der Waals surface area contributed by atoms with E-state index in [-0.39, 0.29) is 16.8 Å². The Labute approximate surface area is 158 Å². The first-order valence-corrected chi connectivity index (χ1v) is 10.8. The fraction of sp³-hybridized carbons (Fsp3) is 0.389. The summed E-state index contributed by atoms with van der Waals surface area (Å²) < 4.78 is 26.8. The van der Waals surface area contributed by atoms with Crippen molar-refractivity contribution in [3.63, 3.8) is 0 Å². The molecule has 0 saturated heterocycles. The largest absolute Gasteiger partial charge is 0.353 e. The lowest BCUT2D eigenvalue weighted by molar-refractivity contribution is -0.122. The van der Waals surface area contributed by atoms with Gasteiger partial charge in [-0.15, -0.1) is 11.3 Å². The van der Waals surface area contributed by atoms with Gasteiger partial charge in [-0.1, -0.05) is 44.2 Å². The molecule has 0 spiro atoms. The minimum absolute atomic E-state index is 0.180. The molecule has 2 rings (SSSR count). The van der Waals surface area contributed by atoms with Gasteiger partial charge in [0, 0.05) is 12.6 Å². The standard InChI is InChI=1S/C18H25N3O3S2/c1-12(2)14-6-8-15(9-7-14)16(19)11-20-18(22)13(3)21-26(23,24)17-5-4-10-25-17/h4-10,12-13,16,21H,11,19H2,1-3H3,(H,20,22). The SMILES string of the molecule is CC(NS(=O)(=O)c1cccs1)C(=O)NCC(N)c1ccc(C(C)C)cc1. The van der Waals surface area contributed by atoms with Gasteiger partial charge in [0.15, 0.2) is 0 Å². The van der Waals surface area contributed by atoms with E-state index in [9.17, 15) is 13.2 Å². The third-order valence-corrected chi connectivity index (χ3v) is 6.95. The molecule has 0 aliphatic carbocycles. The maximum Gasteiger partial charge on any atom is 0.250 e. The molecule has 6 nitrogen and oxygen atoms in total. The predicted molar refractivity (Wildman–Crippen MR) is 105 cm³/mol. The first kappa shape index (κ1) is 20.6. The summed E-state index contributed by atoms with van der Waals surface area (Å²) in [5, 5.41) is 4.37. The topological polar surface area (TPSA) is 101 Å². The van der Waals surface area contributed by atoms with E-state index in [4.69, 9.17) is 5.73 Å². The second-order valence-corrected chi connectivity index (χ2v) is 9.34. The lowest BCUT2D eigenvalue weighted by Crippen LogP contribution is -2.46. The van der Waals surface area contributed by atoms with Crippen molar-refractivity contribution < 1.29 is 13.2 Å². The number of hydrogen-bond acceptors (Lipinski definition) is 5. The molecule has 8 heteroatoms. The number of amides is 1. The van der Waals surface area contributed by atoms with E-state index in [1.165, 1.54) is 18.6 Å². The molecule has 0 radical (unpaired) electrons. The van der Waals surface area contributed by atoms with E-state index in [1.54, 1.807) is 11.4 Å². The number of carbonyl (C=O) groups is 1. The lowest BCUT2D eigenvalue weighted by atomic mass is 9.99. The van der Waals surface area contributed by atoms with Crippen LogP contribution in [0.25, 0.3) is 0 Å². The quantitative estimate of drug-likeness (QED) is 0.638. The Balaban J connectivity index is 1.89. The Kier molecular flexibility index (Phi) is 6.94. The van der Waals surface area contributed by atoms with E-state index in [2.05, 4.69) is 23.9 Å². The molecule has 1 amide bonds.